The Balaban J connectivity index is 2.17. The van der Waals surface area contributed by atoms with Crippen molar-refractivity contribution in [3.63, 3.8) is 0 Å². The van der Waals surface area contributed by atoms with Gasteiger partial charge in [0.25, 0.3) is 9.03 Å². The highest BCUT2D eigenvalue weighted by Crippen LogP contribution is 2.40. The number of benzene rings is 2. The van der Waals surface area contributed by atoms with Gasteiger partial charge in [-0.1, -0.05) is 86.6 Å². The van der Waals surface area contributed by atoms with Crippen LogP contribution >= 0.6 is 9.03 Å². The zero-order chi connectivity index (χ0) is 21.9. The summed E-state index contributed by atoms with van der Waals surface area (Å²) in [6.07, 6.45) is 2.16. The maximum atomic E-state index is 6.13. The van der Waals surface area contributed by atoms with Gasteiger partial charge in [-0.2, -0.15) is 0 Å². The van der Waals surface area contributed by atoms with E-state index in [9.17, 15) is 0 Å². The predicted octanol–water partition coefficient (Wildman–Crippen LogP) is 8.33. The van der Waals surface area contributed by atoms with E-state index in [0.29, 0.717) is 0 Å². The van der Waals surface area contributed by atoms with E-state index < -0.39 is 0 Å². The molecular weight excluding hydrogens is 375 g/mol. The van der Waals surface area contributed by atoms with Crippen LogP contribution in [0.25, 0.3) is 0 Å². The highest BCUT2D eigenvalue weighted by atomic mass is 31.1. The molecule has 0 saturated carbocycles. The van der Waals surface area contributed by atoms with Gasteiger partial charge in [0.15, 0.2) is 0 Å². The van der Waals surface area contributed by atoms with Gasteiger partial charge in [0.05, 0.1) is 0 Å². The largest absolute Gasteiger partial charge is 0.441 e. The molecule has 1 unspecified atom stereocenters. The van der Waals surface area contributed by atoms with Gasteiger partial charge in [-0.3, -0.25) is 0 Å². The average Bonchev–Trinajstić information content (AvgIpc) is 2.67. The van der Waals surface area contributed by atoms with Gasteiger partial charge in [-0.15, -0.1) is 0 Å². The fourth-order valence-electron chi connectivity index (χ4n) is 3.10. The summed E-state index contributed by atoms with van der Waals surface area (Å²) >= 11 is 0. The Hall–Kier alpha value is -1.53. The second-order valence-corrected chi connectivity index (χ2v) is 10.8. The summed E-state index contributed by atoms with van der Waals surface area (Å²) in [5, 5.41) is 0. The number of hydrogen-bond acceptors (Lipinski definition) is 2. The van der Waals surface area contributed by atoms with Crippen molar-refractivity contribution in [3.05, 3.63) is 59.2 Å². The van der Waals surface area contributed by atoms with E-state index in [2.05, 4.69) is 92.6 Å². The summed E-state index contributed by atoms with van der Waals surface area (Å²) in [6.45, 7) is 20.3. The monoisotopic (exact) mass is 414 g/mol. The van der Waals surface area contributed by atoms with E-state index >= 15 is 0 Å². The first-order valence-corrected chi connectivity index (χ1v) is 11.6. The van der Waals surface area contributed by atoms with Crippen molar-refractivity contribution in [2.45, 2.75) is 91.4 Å². The van der Waals surface area contributed by atoms with E-state index in [4.69, 9.17) is 9.05 Å². The number of rotatable bonds is 8. The Bertz CT molecular complexity index is 798. The van der Waals surface area contributed by atoms with Gasteiger partial charge in [-0.05, 0) is 58.4 Å². The van der Waals surface area contributed by atoms with Crippen LogP contribution in [-0.4, -0.2) is 0 Å². The second-order valence-electron chi connectivity index (χ2n) is 10.2. The van der Waals surface area contributed by atoms with Crippen LogP contribution in [0.3, 0.4) is 0 Å². The highest BCUT2D eigenvalue weighted by Gasteiger charge is 2.26. The fraction of sp³-hybridized carbons (Fsp3) is 0.538. The minimum absolute atomic E-state index is 0.0496. The van der Waals surface area contributed by atoms with Crippen LogP contribution in [0.2, 0.25) is 0 Å². The van der Waals surface area contributed by atoms with Crippen LogP contribution in [0.15, 0.2) is 42.5 Å². The zero-order valence-corrected chi connectivity index (χ0v) is 20.8. The average molecular weight is 415 g/mol. The van der Waals surface area contributed by atoms with Crippen LogP contribution in [0.1, 0.15) is 91.8 Å². The first-order valence-electron chi connectivity index (χ1n) is 10.7. The van der Waals surface area contributed by atoms with Crippen LogP contribution in [-0.2, 0) is 16.2 Å². The number of hydrogen-bond donors (Lipinski definition) is 0. The molecule has 0 spiro atoms. The van der Waals surface area contributed by atoms with Gasteiger partial charge >= 0.3 is 0 Å². The van der Waals surface area contributed by atoms with Crippen molar-refractivity contribution in [1.82, 2.24) is 0 Å². The molecular formula is C26H39O2P. The van der Waals surface area contributed by atoms with Gasteiger partial charge < -0.3 is 9.05 Å². The normalized spacial score (nSPS) is 13.1. The molecule has 0 aliphatic rings. The molecule has 160 valence electrons. The maximum Gasteiger partial charge on any atom is 0.275 e. The molecule has 3 heteroatoms. The highest BCUT2D eigenvalue weighted by molar-refractivity contribution is 7.27. The summed E-state index contributed by atoms with van der Waals surface area (Å²) in [5.41, 5.74) is 4.28. The van der Waals surface area contributed by atoms with Crippen molar-refractivity contribution in [1.29, 1.82) is 0 Å². The third-order valence-corrected chi connectivity index (χ3v) is 6.91. The standard InChI is InChI=1S/C26H39O2P/c1-10-25(6,7)20-14-17-23(22(18-20)26(8,9)11-2)28-29-27-21-15-12-19(13-16-21)24(3,4)5/h12-18,29H,10-11H2,1-9H3. The lowest BCUT2D eigenvalue weighted by atomic mass is 9.76. The SMILES string of the molecule is CCC(C)(C)c1ccc(OPOc2ccc(C(C)(C)C)cc2)c(C(C)(C)CC)c1. The van der Waals surface area contributed by atoms with Crippen LogP contribution in [0.5, 0.6) is 11.5 Å². The lowest BCUT2D eigenvalue weighted by Crippen LogP contribution is -2.20. The molecule has 0 N–H and O–H groups in total. The summed E-state index contributed by atoms with van der Waals surface area (Å²) in [4.78, 5) is 0. The van der Waals surface area contributed by atoms with Crippen LogP contribution < -0.4 is 9.05 Å². The molecule has 2 rings (SSSR count). The third-order valence-electron chi connectivity index (χ3n) is 6.29. The predicted molar refractivity (Wildman–Crippen MR) is 128 cm³/mol. The molecule has 0 amide bonds. The van der Waals surface area contributed by atoms with E-state index in [1.807, 2.05) is 12.1 Å². The molecule has 2 aromatic carbocycles. The molecule has 29 heavy (non-hydrogen) atoms. The molecule has 0 aliphatic heterocycles. The first-order chi connectivity index (χ1) is 13.4. The maximum absolute atomic E-state index is 6.13. The van der Waals surface area contributed by atoms with Crippen molar-refractivity contribution in [2.24, 2.45) is 0 Å². The van der Waals surface area contributed by atoms with Gasteiger partial charge in [0, 0.05) is 5.56 Å². The Labute approximate surface area is 180 Å². The molecule has 0 radical (unpaired) electrons. The Kier molecular flexibility index (Phi) is 7.44. The summed E-state index contributed by atoms with van der Waals surface area (Å²) < 4.78 is 12.0. The second kappa shape index (κ2) is 9.09. The summed E-state index contributed by atoms with van der Waals surface area (Å²) in [5.74, 6) is 1.77. The summed E-state index contributed by atoms with van der Waals surface area (Å²) in [7, 11) is -0.0689. The lowest BCUT2D eigenvalue weighted by Gasteiger charge is -2.30. The molecule has 0 aliphatic carbocycles. The van der Waals surface area contributed by atoms with Crippen LogP contribution in [0.4, 0.5) is 0 Å². The topological polar surface area (TPSA) is 18.5 Å². The minimum atomic E-state index is -0.0689. The van der Waals surface area contributed by atoms with Gasteiger partial charge in [0.2, 0.25) is 0 Å². The Morgan fingerprint density at radius 2 is 1.24 bits per heavy atom. The third kappa shape index (κ3) is 5.98. The van der Waals surface area contributed by atoms with E-state index in [1.165, 1.54) is 16.7 Å². The van der Waals surface area contributed by atoms with Crippen molar-refractivity contribution in [2.75, 3.05) is 0 Å². The molecule has 0 aromatic heterocycles. The fourth-order valence-corrected chi connectivity index (χ4v) is 3.64. The van der Waals surface area contributed by atoms with Gasteiger partial charge in [-0.25, -0.2) is 0 Å². The molecule has 0 saturated heterocycles. The minimum Gasteiger partial charge on any atom is -0.441 e. The van der Waals surface area contributed by atoms with E-state index in [0.717, 1.165) is 24.3 Å². The quantitative estimate of drug-likeness (QED) is 0.404. The molecule has 1 atom stereocenters. The van der Waals surface area contributed by atoms with E-state index in [1.54, 1.807) is 0 Å². The molecule has 2 aromatic rings. The summed E-state index contributed by atoms with van der Waals surface area (Å²) in [6, 6.07) is 15.0. The zero-order valence-electron chi connectivity index (χ0n) is 19.8. The molecule has 0 heterocycles. The smallest absolute Gasteiger partial charge is 0.275 e. The van der Waals surface area contributed by atoms with Crippen LogP contribution in [0, 0.1) is 0 Å². The molecule has 0 bridgehead atoms. The first kappa shape index (κ1) is 23.7. The van der Waals surface area contributed by atoms with Crippen molar-refractivity contribution >= 4 is 9.03 Å². The van der Waals surface area contributed by atoms with E-state index in [-0.39, 0.29) is 25.3 Å². The Morgan fingerprint density at radius 3 is 1.76 bits per heavy atom. The molecule has 2 nitrogen and oxygen atoms in total. The van der Waals surface area contributed by atoms with Crippen molar-refractivity contribution in [3.8, 4) is 11.5 Å². The van der Waals surface area contributed by atoms with Crippen molar-refractivity contribution < 1.29 is 9.05 Å². The lowest BCUT2D eigenvalue weighted by molar-refractivity contribution is 0.458. The Morgan fingerprint density at radius 1 is 0.690 bits per heavy atom. The van der Waals surface area contributed by atoms with Gasteiger partial charge in [0.1, 0.15) is 11.5 Å². The molecule has 0 fully saturated rings.